The average Bonchev–Trinajstić information content (AvgIpc) is 2.47. The zero-order valence-corrected chi connectivity index (χ0v) is 8.68. The van der Waals surface area contributed by atoms with Crippen molar-refractivity contribution >= 4 is 17.9 Å². The zero-order chi connectivity index (χ0) is 10.3. The predicted molar refractivity (Wildman–Crippen MR) is 55.1 cm³/mol. The molecule has 5 nitrogen and oxygen atoms in total. The number of nitrogens with one attached hydrogen (secondary N) is 2. The van der Waals surface area contributed by atoms with Crippen molar-refractivity contribution in [3.8, 4) is 0 Å². The van der Waals surface area contributed by atoms with Crippen molar-refractivity contribution in [2.45, 2.75) is 19.8 Å². The van der Waals surface area contributed by atoms with Crippen LogP contribution in [0.2, 0.25) is 0 Å². The Bertz CT molecular complexity index is 577. The van der Waals surface area contributed by atoms with Crippen molar-refractivity contribution in [3.63, 3.8) is 0 Å². The molecule has 0 unspecified atom stereocenters. The average molecular weight is 210 g/mol. The second-order valence-electron chi connectivity index (χ2n) is 3.39. The van der Waals surface area contributed by atoms with Gasteiger partial charge < -0.3 is 0 Å². The lowest BCUT2D eigenvalue weighted by molar-refractivity contribution is 0.829. The third kappa shape index (κ3) is 1.27. The Morgan fingerprint density at radius 3 is 2.93 bits per heavy atom. The van der Waals surface area contributed by atoms with Crippen LogP contribution in [0.1, 0.15) is 25.3 Å². The molecule has 0 amide bonds. The van der Waals surface area contributed by atoms with E-state index in [0.717, 1.165) is 5.56 Å². The van der Waals surface area contributed by atoms with Gasteiger partial charge in [-0.25, -0.2) is 9.78 Å². The van der Waals surface area contributed by atoms with Gasteiger partial charge in [0.15, 0.2) is 5.65 Å². The highest BCUT2D eigenvalue weighted by molar-refractivity contribution is 7.71. The summed E-state index contributed by atoms with van der Waals surface area (Å²) in [7, 11) is 0. The molecule has 0 aromatic carbocycles. The first-order valence-electron chi connectivity index (χ1n) is 4.30. The molecule has 2 N–H and O–H groups in total. The molecule has 0 spiro atoms. The van der Waals surface area contributed by atoms with Crippen LogP contribution in [0.25, 0.3) is 5.65 Å². The molecule has 6 heteroatoms. The molecule has 2 aromatic rings. The molecule has 2 aromatic heterocycles. The minimum atomic E-state index is -0.285. The summed E-state index contributed by atoms with van der Waals surface area (Å²) >= 11 is 4.85. The molecular weight excluding hydrogens is 200 g/mol. The van der Waals surface area contributed by atoms with Crippen LogP contribution in [0.4, 0.5) is 0 Å². The summed E-state index contributed by atoms with van der Waals surface area (Å²) in [5, 5.41) is 2.83. The quantitative estimate of drug-likeness (QED) is 0.695. The van der Waals surface area contributed by atoms with E-state index in [1.807, 2.05) is 13.8 Å². The van der Waals surface area contributed by atoms with Crippen molar-refractivity contribution in [1.29, 1.82) is 0 Å². The van der Waals surface area contributed by atoms with E-state index in [4.69, 9.17) is 12.2 Å². The largest absolute Gasteiger partial charge is 0.348 e. The van der Waals surface area contributed by atoms with E-state index in [2.05, 4.69) is 15.1 Å². The normalized spacial score (nSPS) is 11.4. The minimum absolute atomic E-state index is 0.219. The van der Waals surface area contributed by atoms with Crippen molar-refractivity contribution in [2.24, 2.45) is 0 Å². The number of fused-ring (bicyclic) bond motifs is 1. The Balaban J connectivity index is 2.92. The van der Waals surface area contributed by atoms with Gasteiger partial charge in [0, 0.05) is 11.8 Å². The van der Waals surface area contributed by atoms with Crippen LogP contribution in [-0.2, 0) is 0 Å². The highest BCUT2D eigenvalue weighted by Crippen LogP contribution is 2.16. The molecule has 74 valence electrons. The molecule has 0 aliphatic rings. The highest BCUT2D eigenvalue weighted by atomic mass is 32.1. The van der Waals surface area contributed by atoms with Crippen LogP contribution in [0.3, 0.4) is 0 Å². The van der Waals surface area contributed by atoms with Crippen molar-refractivity contribution in [2.75, 3.05) is 0 Å². The van der Waals surface area contributed by atoms with Gasteiger partial charge in [-0.15, -0.1) is 0 Å². The zero-order valence-electron chi connectivity index (χ0n) is 7.87. The standard InChI is InChI=1S/C8H10N4OS/c1-4(2)5-3-9-12-6(5)10-7(14)11-8(12)13/h3-4,9H,1-2H3,(H,11,13,14). The molecular formula is C8H10N4OS. The molecule has 14 heavy (non-hydrogen) atoms. The fourth-order valence-electron chi connectivity index (χ4n) is 1.35. The van der Waals surface area contributed by atoms with Crippen LogP contribution in [0, 0.1) is 4.77 Å². The van der Waals surface area contributed by atoms with Gasteiger partial charge in [-0.2, -0.15) is 4.52 Å². The first-order chi connectivity index (χ1) is 6.59. The summed E-state index contributed by atoms with van der Waals surface area (Å²) in [6.07, 6.45) is 1.77. The Hall–Kier alpha value is -1.43. The van der Waals surface area contributed by atoms with Crippen LogP contribution in [-0.4, -0.2) is 19.6 Å². The van der Waals surface area contributed by atoms with E-state index in [-0.39, 0.29) is 10.5 Å². The van der Waals surface area contributed by atoms with Gasteiger partial charge >= 0.3 is 5.69 Å². The van der Waals surface area contributed by atoms with E-state index in [9.17, 15) is 4.79 Å². The first-order valence-corrected chi connectivity index (χ1v) is 4.71. The van der Waals surface area contributed by atoms with E-state index in [1.54, 1.807) is 6.20 Å². The van der Waals surface area contributed by atoms with Gasteiger partial charge in [0.05, 0.1) is 0 Å². The van der Waals surface area contributed by atoms with E-state index >= 15 is 0 Å². The molecule has 0 radical (unpaired) electrons. The number of H-pyrrole nitrogens is 2. The smallest absolute Gasteiger partial charge is 0.295 e. The monoisotopic (exact) mass is 210 g/mol. The lowest BCUT2D eigenvalue weighted by atomic mass is 10.1. The summed E-state index contributed by atoms with van der Waals surface area (Å²) in [5.41, 5.74) is 1.31. The van der Waals surface area contributed by atoms with Gasteiger partial charge in [-0.05, 0) is 18.1 Å². The summed E-state index contributed by atoms with van der Waals surface area (Å²) in [6, 6.07) is 0. The fraction of sp³-hybridized carbons (Fsp3) is 0.375. The summed E-state index contributed by atoms with van der Waals surface area (Å²) in [4.78, 5) is 18.0. The molecule has 2 rings (SSSR count). The molecule has 0 saturated carbocycles. The summed E-state index contributed by atoms with van der Waals surface area (Å²) < 4.78 is 1.57. The lowest BCUT2D eigenvalue weighted by Crippen LogP contribution is -2.18. The number of nitrogens with zero attached hydrogens (tertiary/aromatic N) is 2. The SMILES string of the molecule is CC(C)c1c[nH]n2c(=O)[nH]c(=S)nc12. The van der Waals surface area contributed by atoms with Crippen molar-refractivity contribution in [3.05, 3.63) is 27.0 Å². The van der Waals surface area contributed by atoms with Gasteiger partial charge in [0.1, 0.15) is 0 Å². The van der Waals surface area contributed by atoms with E-state index in [0.29, 0.717) is 11.6 Å². The number of hydrogen-bond acceptors (Lipinski definition) is 3. The van der Waals surface area contributed by atoms with Gasteiger partial charge in [0.2, 0.25) is 4.77 Å². The maximum absolute atomic E-state index is 11.4. The Morgan fingerprint density at radius 2 is 2.29 bits per heavy atom. The van der Waals surface area contributed by atoms with E-state index < -0.39 is 0 Å². The van der Waals surface area contributed by atoms with E-state index in [1.165, 1.54) is 4.52 Å². The first kappa shape index (κ1) is 9.14. The van der Waals surface area contributed by atoms with Crippen molar-refractivity contribution in [1.82, 2.24) is 19.6 Å². The minimum Gasteiger partial charge on any atom is -0.295 e. The molecule has 2 heterocycles. The molecule has 0 bridgehead atoms. The van der Waals surface area contributed by atoms with Crippen LogP contribution < -0.4 is 5.69 Å². The molecule has 0 saturated heterocycles. The second kappa shape index (κ2) is 3.06. The maximum atomic E-state index is 11.4. The number of hydrogen-bond donors (Lipinski definition) is 2. The van der Waals surface area contributed by atoms with Gasteiger partial charge in [-0.1, -0.05) is 13.8 Å². The van der Waals surface area contributed by atoms with Crippen LogP contribution in [0.5, 0.6) is 0 Å². The summed E-state index contributed by atoms with van der Waals surface area (Å²) in [6.45, 7) is 4.07. The lowest BCUT2D eigenvalue weighted by Gasteiger charge is -1.99. The van der Waals surface area contributed by atoms with Crippen LogP contribution >= 0.6 is 12.2 Å². The second-order valence-corrected chi connectivity index (χ2v) is 3.78. The number of aromatic amines is 2. The number of rotatable bonds is 1. The molecule has 0 aliphatic heterocycles. The molecule has 0 atom stereocenters. The molecule has 0 aliphatic carbocycles. The topological polar surface area (TPSA) is 65.9 Å². The summed E-state index contributed by atoms with van der Waals surface area (Å²) in [5.74, 6) is 0.306. The Kier molecular flexibility index (Phi) is 1.99. The fourth-order valence-corrected chi connectivity index (χ4v) is 1.53. The van der Waals surface area contributed by atoms with Crippen LogP contribution in [0.15, 0.2) is 11.0 Å². The van der Waals surface area contributed by atoms with Crippen molar-refractivity contribution < 1.29 is 0 Å². The Morgan fingerprint density at radius 1 is 1.57 bits per heavy atom. The maximum Gasteiger partial charge on any atom is 0.348 e. The molecule has 0 fully saturated rings. The number of aromatic nitrogens is 4. The Labute approximate surface area is 84.8 Å². The third-order valence-corrected chi connectivity index (χ3v) is 2.26. The van der Waals surface area contributed by atoms with Gasteiger partial charge in [-0.3, -0.25) is 10.1 Å². The van der Waals surface area contributed by atoms with Gasteiger partial charge in [0.25, 0.3) is 0 Å². The highest BCUT2D eigenvalue weighted by Gasteiger charge is 2.09. The predicted octanol–water partition coefficient (Wildman–Crippen LogP) is 1.20. The third-order valence-electron chi connectivity index (χ3n) is 2.07.